The lowest BCUT2D eigenvalue weighted by atomic mass is 10.1. The fraction of sp³-hybridized carbons (Fsp3) is 0.435. The van der Waals surface area contributed by atoms with Gasteiger partial charge in [0.15, 0.2) is 17.3 Å². The van der Waals surface area contributed by atoms with Gasteiger partial charge in [-0.3, -0.25) is 4.79 Å². The summed E-state index contributed by atoms with van der Waals surface area (Å²) in [7, 11) is 1.66. The molecule has 1 aromatic carbocycles. The maximum absolute atomic E-state index is 13.6. The molecule has 4 rings (SSSR count). The summed E-state index contributed by atoms with van der Waals surface area (Å²) in [6.07, 6.45) is 2.14. The Balaban J connectivity index is 1.77. The zero-order valence-electron chi connectivity index (χ0n) is 18.0. The first-order valence-electron chi connectivity index (χ1n) is 10.2. The lowest BCUT2D eigenvalue weighted by Crippen LogP contribution is -2.27. The van der Waals surface area contributed by atoms with Gasteiger partial charge in [0, 0.05) is 25.2 Å². The number of aromatic nitrogens is 3. The second kappa shape index (κ2) is 7.15. The molecule has 2 aromatic heterocycles. The van der Waals surface area contributed by atoms with Crippen LogP contribution in [0.5, 0.6) is 0 Å². The van der Waals surface area contributed by atoms with Crippen molar-refractivity contribution in [3.8, 4) is 0 Å². The molecule has 30 heavy (non-hydrogen) atoms. The van der Waals surface area contributed by atoms with Gasteiger partial charge < -0.3 is 4.90 Å². The first kappa shape index (κ1) is 20.4. The van der Waals surface area contributed by atoms with Gasteiger partial charge in [-0.15, -0.1) is 0 Å². The van der Waals surface area contributed by atoms with Crippen molar-refractivity contribution < 1.29 is 13.6 Å². The Morgan fingerprint density at radius 2 is 1.90 bits per heavy atom. The van der Waals surface area contributed by atoms with Crippen molar-refractivity contribution in [2.24, 2.45) is 0 Å². The molecule has 0 aliphatic heterocycles. The third-order valence-electron chi connectivity index (χ3n) is 5.44. The number of amides is 1. The Morgan fingerprint density at radius 1 is 1.20 bits per heavy atom. The molecule has 0 bridgehead atoms. The van der Waals surface area contributed by atoms with Crippen molar-refractivity contribution in [3.05, 3.63) is 58.4 Å². The summed E-state index contributed by atoms with van der Waals surface area (Å²) < 4.78 is 28.7. The largest absolute Gasteiger partial charge is 0.337 e. The number of rotatable bonds is 4. The van der Waals surface area contributed by atoms with Gasteiger partial charge in [-0.05, 0) is 64.3 Å². The molecule has 0 unspecified atom stereocenters. The van der Waals surface area contributed by atoms with Crippen LogP contribution >= 0.6 is 0 Å². The number of halogens is 2. The van der Waals surface area contributed by atoms with Crippen LogP contribution < -0.4 is 0 Å². The lowest BCUT2D eigenvalue weighted by molar-refractivity contribution is 0.0786. The minimum atomic E-state index is -0.919. The van der Waals surface area contributed by atoms with E-state index >= 15 is 0 Å². The molecule has 3 aromatic rings. The number of carbonyl (C=O) groups is 1. The first-order chi connectivity index (χ1) is 14.1. The molecule has 0 spiro atoms. The van der Waals surface area contributed by atoms with Crippen LogP contribution in [0.15, 0.2) is 24.3 Å². The number of fused-ring (bicyclic) bond motifs is 1. The van der Waals surface area contributed by atoms with E-state index < -0.39 is 11.6 Å². The highest BCUT2D eigenvalue weighted by Crippen LogP contribution is 2.41. The monoisotopic (exact) mass is 412 g/mol. The summed E-state index contributed by atoms with van der Waals surface area (Å²) in [5.41, 5.74) is 3.19. The van der Waals surface area contributed by atoms with E-state index in [0.29, 0.717) is 22.7 Å². The molecule has 1 fully saturated rings. The number of aryl methyl sites for hydroxylation is 1. The van der Waals surface area contributed by atoms with E-state index in [4.69, 9.17) is 4.98 Å². The Kier molecular flexibility index (Phi) is 4.87. The van der Waals surface area contributed by atoms with Gasteiger partial charge in [-0.1, -0.05) is 6.07 Å². The maximum Gasteiger partial charge on any atom is 0.254 e. The van der Waals surface area contributed by atoms with E-state index in [1.807, 2.05) is 17.7 Å². The van der Waals surface area contributed by atoms with Gasteiger partial charge in [0.2, 0.25) is 0 Å². The van der Waals surface area contributed by atoms with Gasteiger partial charge in [0.1, 0.15) is 0 Å². The zero-order chi connectivity index (χ0) is 21.8. The highest BCUT2D eigenvalue weighted by molar-refractivity contribution is 6.06. The van der Waals surface area contributed by atoms with Crippen molar-refractivity contribution in [1.29, 1.82) is 0 Å². The predicted molar refractivity (Wildman–Crippen MR) is 111 cm³/mol. The van der Waals surface area contributed by atoms with Gasteiger partial charge >= 0.3 is 0 Å². The zero-order valence-corrected chi connectivity index (χ0v) is 18.0. The Bertz CT molecular complexity index is 1140. The predicted octanol–water partition coefficient (Wildman–Crippen LogP) is 4.92. The van der Waals surface area contributed by atoms with E-state index in [-0.39, 0.29) is 18.0 Å². The SMILES string of the molecule is Cc1nn(C(C)(C)C)c2nc(C3CC3)cc(C(=O)N(C)Cc3ccc(F)c(F)c3)c12. The third-order valence-corrected chi connectivity index (χ3v) is 5.44. The van der Waals surface area contributed by atoms with Crippen molar-refractivity contribution in [3.63, 3.8) is 0 Å². The van der Waals surface area contributed by atoms with E-state index in [0.717, 1.165) is 41.7 Å². The van der Waals surface area contributed by atoms with Crippen LogP contribution in [0.1, 0.15) is 66.8 Å². The van der Waals surface area contributed by atoms with Crippen molar-refractivity contribution in [1.82, 2.24) is 19.7 Å². The van der Waals surface area contributed by atoms with Crippen LogP contribution in [-0.4, -0.2) is 32.6 Å². The molecule has 0 N–H and O–H groups in total. The quantitative estimate of drug-likeness (QED) is 0.611. The van der Waals surface area contributed by atoms with Gasteiger partial charge in [-0.25, -0.2) is 18.4 Å². The van der Waals surface area contributed by atoms with E-state index in [1.165, 1.54) is 11.0 Å². The minimum Gasteiger partial charge on any atom is -0.337 e. The molecule has 0 atom stereocenters. The van der Waals surface area contributed by atoms with Gasteiger partial charge in [0.25, 0.3) is 5.91 Å². The smallest absolute Gasteiger partial charge is 0.254 e. The molecule has 0 radical (unpaired) electrons. The fourth-order valence-corrected chi connectivity index (χ4v) is 3.72. The molecular formula is C23H26F2N4O. The molecule has 0 saturated heterocycles. The molecule has 2 heterocycles. The van der Waals surface area contributed by atoms with Crippen molar-refractivity contribution >= 4 is 16.9 Å². The Hall–Kier alpha value is -2.83. The Morgan fingerprint density at radius 3 is 2.50 bits per heavy atom. The molecule has 1 aliphatic rings. The highest BCUT2D eigenvalue weighted by Gasteiger charge is 2.31. The molecule has 1 aliphatic carbocycles. The van der Waals surface area contributed by atoms with Crippen molar-refractivity contribution in [2.75, 3.05) is 7.05 Å². The summed E-state index contributed by atoms with van der Waals surface area (Å²) in [5.74, 6) is -1.63. The molecule has 158 valence electrons. The highest BCUT2D eigenvalue weighted by atomic mass is 19.2. The second-order valence-electron chi connectivity index (χ2n) is 9.15. The van der Waals surface area contributed by atoms with Gasteiger partial charge in [0.05, 0.1) is 22.2 Å². The lowest BCUT2D eigenvalue weighted by Gasteiger charge is -2.21. The average molecular weight is 412 g/mol. The molecular weight excluding hydrogens is 386 g/mol. The van der Waals surface area contributed by atoms with Crippen molar-refractivity contribution in [2.45, 2.75) is 58.5 Å². The minimum absolute atomic E-state index is 0.172. The van der Waals surface area contributed by atoms with Crippen LogP contribution in [-0.2, 0) is 12.1 Å². The average Bonchev–Trinajstić information content (AvgIpc) is 3.46. The van der Waals surface area contributed by atoms with Gasteiger partial charge in [-0.2, -0.15) is 5.10 Å². The number of hydrogen-bond acceptors (Lipinski definition) is 3. The summed E-state index contributed by atoms with van der Waals surface area (Å²) in [6.45, 7) is 8.23. The summed E-state index contributed by atoms with van der Waals surface area (Å²) in [5, 5.41) is 5.43. The summed E-state index contributed by atoms with van der Waals surface area (Å²) >= 11 is 0. The molecule has 7 heteroatoms. The third kappa shape index (κ3) is 3.68. The van der Waals surface area contributed by atoms with Crippen LogP contribution in [0.2, 0.25) is 0 Å². The van der Waals surface area contributed by atoms with E-state index in [9.17, 15) is 13.6 Å². The molecule has 1 amide bonds. The Labute approximate surface area is 174 Å². The summed E-state index contributed by atoms with van der Waals surface area (Å²) in [4.78, 5) is 19.8. The first-order valence-corrected chi connectivity index (χ1v) is 10.2. The standard InChI is InChI=1S/C23H26F2N4O/c1-13-20-16(22(30)28(5)12-14-6-9-17(24)18(25)10-14)11-19(15-7-8-15)26-21(20)29(27-13)23(2,3)4/h6,9-11,15H,7-8,12H2,1-5H3. The number of hydrogen-bond donors (Lipinski definition) is 0. The van der Waals surface area contributed by atoms with Crippen LogP contribution in [0.4, 0.5) is 8.78 Å². The molecule has 5 nitrogen and oxygen atoms in total. The second-order valence-corrected chi connectivity index (χ2v) is 9.15. The number of carbonyl (C=O) groups excluding carboxylic acids is 1. The topological polar surface area (TPSA) is 51.0 Å². The normalized spacial score (nSPS) is 14.4. The number of nitrogens with zero attached hydrogens (tertiary/aromatic N) is 4. The number of pyridine rings is 1. The van der Waals surface area contributed by atoms with E-state index in [2.05, 4.69) is 25.9 Å². The molecule has 1 saturated carbocycles. The fourth-order valence-electron chi connectivity index (χ4n) is 3.72. The van der Waals surface area contributed by atoms with Crippen LogP contribution in [0.3, 0.4) is 0 Å². The number of benzene rings is 1. The summed E-state index contributed by atoms with van der Waals surface area (Å²) in [6, 6.07) is 5.57. The van der Waals surface area contributed by atoms with Crippen LogP contribution in [0.25, 0.3) is 11.0 Å². The van der Waals surface area contributed by atoms with Crippen LogP contribution in [0, 0.1) is 18.6 Å². The van der Waals surface area contributed by atoms with E-state index in [1.54, 1.807) is 7.05 Å². The maximum atomic E-state index is 13.6.